The Labute approximate surface area is 149 Å². The van der Waals surface area contributed by atoms with Crippen LogP contribution in [-0.4, -0.2) is 48.4 Å². The molecule has 0 amide bonds. The van der Waals surface area contributed by atoms with Crippen LogP contribution in [0.2, 0.25) is 0 Å². The largest absolute Gasteiger partial charge is 0.497 e. The lowest BCUT2D eigenvalue weighted by atomic mass is 10.1. The first-order chi connectivity index (χ1) is 12.1. The second kappa shape index (κ2) is 7.87. The molecule has 2 heterocycles. The summed E-state index contributed by atoms with van der Waals surface area (Å²) in [4.78, 5) is 4.80. The predicted molar refractivity (Wildman–Crippen MR) is 98.0 cm³/mol. The molecule has 0 N–H and O–H groups in total. The smallest absolute Gasteiger partial charge is 0.233 e. The molecule has 1 atom stereocenters. The summed E-state index contributed by atoms with van der Waals surface area (Å²) >= 11 is 0. The van der Waals surface area contributed by atoms with Gasteiger partial charge in [-0.15, -0.1) is 10.2 Å². The maximum absolute atomic E-state index is 5.86. The van der Waals surface area contributed by atoms with Crippen LogP contribution in [0.4, 0.5) is 5.69 Å². The number of piperazine rings is 1. The third-order valence-corrected chi connectivity index (χ3v) is 4.70. The summed E-state index contributed by atoms with van der Waals surface area (Å²) in [6.45, 7) is 10.4. The van der Waals surface area contributed by atoms with Gasteiger partial charge in [0, 0.05) is 44.4 Å². The molecule has 1 aliphatic heterocycles. The van der Waals surface area contributed by atoms with E-state index in [0.29, 0.717) is 5.92 Å². The molecule has 1 fully saturated rings. The molecular formula is C19H28N4O2. The van der Waals surface area contributed by atoms with Gasteiger partial charge in [0.25, 0.3) is 0 Å². The number of nitrogens with zero attached hydrogens (tertiary/aromatic N) is 4. The minimum Gasteiger partial charge on any atom is -0.497 e. The molecule has 1 aromatic carbocycles. The van der Waals surface area contributed by atoms with E-state index in [2.05, 4.69) is 52.9 Å². The van der Waals surface area contributed by atoms with Crippen LogP contribution < -0.4 is 9.64 Å². The average Bonchev–Trinajstić information content (AvgIpc) is 3.09. The van der Waals surface area contributed by atoms with Crippen LogP contribution in [0.1, 0.15) is 38.6 Å². The minimum absolute atomic E-state index is 0.154. The molecule has 6 heteroatoms. The molecule has 25 heavy (non-hydrogen) atoms. The molecule has 0 bridgehead atoms. The van der Waals surface area contributed by atoms with Crippen molar-refractivity contribution >= 4 is 5.69 Å². The second-order valence-electron chi connectivity index (χ2n) is 7.03. The van der Waals surface area contributed by atoms with Crippen molar-refractivity contribution in [1.29, 1.82) is 0 Å². The van der Waals surface area contributed by atoms with Gasteiger partial charge in [0.1, 0.15) is 5.75 Å². The topological polar surface area (TPSA) is 54.6 Å². The number of benzene rings is 1. The van der Waals surface area contributed by atoms with E-state index in [0.717, 1.165) is 50.1 Å². The van der Waals surface area contributed by atoms with Crippen LogP contribution in [-0.2, 0) is 6.42 Å². The summed E-state index contributed by atoms with van der Waals surface area (Å²) in [5, 5.41) is 8.44. The van der Waals surface area contributed by atoms with Gasteiger partial charge < -0.3 is 14.1 Å². The number of methoxy groups -OCH3 is 1. The molecule has 6 nitrogen and oxygen atoms in total. The molecular weight excluding hydrogens is 316 g/mol. The zero-order valence-electron chi connectivity index (χ0n) is 15.6. The van der Waals surface area contributed by atoms with Crippen LogP contribution >= 0.6 is 0 Å². The predicted octanol–water partition coefficient (Wildman–Crippen LogP) is 3.16. The van der Waals surface area contributed by atoms with E-state index >= 15 is 0 Å². The highest BCUT2D eigenvalue weighted by Crippen LogP contribution is 2.25. The quantitative estimate of drug-likeness (QED) is 0.802. The first kappa shape index (κ1) is 17.7. The van der Waals surface area contributed by atoms with Gasteiger partial charge in [0.05, 0.1) is 13.2 Å². The van der Waals surface area contributed by atoms with E-state index in [-0.39, 0.29) is 6.04 Å². The minimum atomic E-state index is 0.154. The van der Waals surface area contributed by atoms with Crippen molar-refractivity contribution in [3.63, 3.8) is 0 Å². The lowest BCUT2D eigenvalue weighted by Gasteiger charge is -2.38. The summed E-state index contributed by atoms with van der Waals surface area (Å²) in [7, 11) is 1.71. The second-order valence-corrected chi connectivity index (χ2v) is 7.03. The van der Waals surface area contributed by atoms with Crippen LogP contribution in [0.25, 0.3) is 0 Å². The monoisotopic (exact) mass is 344 g/mol. The Hall–Kier alpha value is -2.08. The Balaban J connectivity index is 1.58. The van der Waals surface area contributed by atoms with Gasteiger partial charge in [-0.3, -0.25) is 4.90 Å². The fourth-order valence-electron chi connectivity index (χ4n) is 3.20. The Morgan fingerprint density at radius 3 is 2.56 bits per heavy atom. The summed E-state index contributed by atoms with van der Waals surface area (Å²) in [5.41, 5.74) is 1.21. The first-order valence-electron chi connectivity index (χ1n) is 9.02. The van der Waals surface area contributed by atoms with Crippen LogP contribution in [0, 0.1) is 5.92 Å². The van der Waals surface area contributed by atoms with Gasteiger partial charge >= 0.3 is 0 Å². The van der Waals surface area contributed by atoms with Gasteiger partial charge in [-0.1, -0.05) is 19.9 Å². The van der Waals surface area contributed by atoms with E-state index in [1.54, 1.807) is 7.11 Å². The molecule has 3 rings (SSSR count). The maximum atomic E-state index is 5.86. The molecule has 0 saturated carbocycles. The van der Waals surface area contributed by atoms with E-state index in [4.69, 9.17) is 9.15 Å². The SMILES string of the molecule is COc1cccc(N2CCN([C@@H](C)c3nnc(CC(C)C)o3)CC2)c1. The zero-order chi connectivity index (χ0) is 17.8. The van der Waals surface area contributed by atoms with Gasteiger partial charge in [-0.2, -0.15) is 0 Å². The van der Waals surface area contributed by atoms with Crippen molar-refractivity contribution in [3.8, 4) is 5.75 Å². The average molecular weight is 344 g/mol. The Morgan fingerprint density at radius 2 is 1.88 bits per heavy atom. The molecule has 0 aliphatic carbocycles. The van der Waals surface area contributed by atoms with Gasteiger partial charge in [-0.05, 0) is 25.0 Å². The molecule has 2 aromatic rings. The number of aromatic nitrogens is 2. The Bertz CT molecular complexity index is 678. The van der Waals surface area contributed by atoms with E-state index in [1.807, 2.05) is 12.1 Å². The number of anilines is 1. The number of rotatable bonds is 6. The third-order valence-electron chi connectivity index (χ3n) is 4.70. The molecule has 0 radical (unpaired) electrons. The standard InChI is InChI=1S/C19H28N4O2/c1-14(2)12-18-20-21-19(25-18)15(3)22-8-10-23(11-9-22)16-6-5-7-17(13-16)24-4/h5-7,13-15H,8-12H2,1-4H3/t15-/m0/s1. The van der Waals surface area contributed by atoms with E-state index in [1.165, 1.54) is 5.69 Å². The third kappa shape index (κ3) is 4.31. The van der Waals surface area contributed by atoms with E-state index < -0.39 is 0 Å². The fourth-order valence-corrected chi connectivity index (χ4v) is 3.20. The molecule has 1 aromatic heterocycles. The van der Waals surface area contributed by atoms with Crippen LogP contribution in [0.3, 0.4) is 0 Å². The lowest BCUT2D eigenvalue weighted by molar-refractivity contribution is 0.171. The molecule has 0 unspecified atom stereocenters. The summed E-state index contributed by atoms with van der Waals surface area (Å²) in [5.74, 6) is 2.89. The highest BCUT2D eigenvalue weighted by molar-refractivity contribution is 5.51. The lowest BCUT2D eigenvalue weighted by Crippen LogP contribution is -2.47. The highest BCUT2D eigenvalue weighted by atomic mass is 16.5. The van der Waals surface area contributed by atoms with Crippen LogP contribution in [0.5, 0.6) is 5.75 Å². The number of hydrogen-bond donors (Lipinski definition) is 0. The molecule has 1 saturated heterocycles. The Kier molecular flexibility index (Phi) is 5.58. The van der Waals surface area contributed by atoms with Crippen molar-refractivity contribution < 1.29 is 9.15 Å². The Morgan fingerprint density at radius 1 is 1.12 bits per heavy atom. The van der Waals surface area contributed by atoms with Gasteiger partial charge in [-0.25, -0.2) is 0 Å². The van der Waals surface area contributed by atoms with Gasteiger partial charge in [0.2, 0.25) is 11.8 Å². The first-order valence-corrected chi connectivity index (χ1v) is 9.02. The van der Waals surface area contributed by atoms with Gasteiger partial charge in [0.15, 0.2) is 0 Å². The van der Waals surface area contributed by atoms with Crippen LogP contribution in [0.15, 0.2) is 28.7 Å². The number of ether oxygens (including phenoxy) is 1. The summed E-state index contributed by atoms with van der Waals surface area (Å²) < 4.78 is 11.2. The van der Waals surface area contributed by atoms with Crippen molar-refractivity contribution in [2.75, 3.05) is 38.2 Å². The summed E-state index contributed by atoms with van der Waals surface area (Å²) in [6.07, 6.45) is 0.837. The zero-order valence-corrected chi connectivity index (χ0v) is 15.6. The maximum Gasteiger partial charge on any atom is 0.233 e. The molecule has 1 aliphatic rings. The van der Waals surface area contributed by atoms with Crippen molar-refractivity contribution in [1.82, 2.24) is 15.1 Å². The normalized spacial score (nSPS) is 17.1. The number of hydrogen-bond acceptors (Lipinski definition) is 6. The fraction of sp³-hybridized carbons (Fsp3) is 0.579. The highest BCUT2D eigenvalue weighted by Gasteiger charge is 2.26. The van der Waals surface area contributed by atoms with Crippen molar-refractivity contribution in [2.24, 2.45) is 5.92 Å². The molecule has 0 spiro atoms. The van der Waals surface area contributed by atoms with Crippen molar-refractivity contribution in [3.05, 3.63) is 36.0 Å². The van der Waals surface area contributed by atoms with Crippen molar-refractivity contribution in [2.45, 2.75) is 33.2 Å². The van der Waals surface area contributed by atoms with E-state index in [9.17, 15) is 0 Å². The summed E-state index contributed by atoms with van der Waals surface area (Å²) in [6, 6.07) is 8.40. The molecule has 136 valence electrons.